The van der Waals surface area contributed by atoms with E-state index in [1.54, 1.807) is 0 Å². The van der Waals surface area contributed by atoms with Gasteiger partial charge in [-0.05, 0) is 18.8 Å². The number of ether oxygens (including phenoxy) is 2. The summed E-state index contributed by atoms with van der Waals surface area (Å²) in [6.07, 6.45) is 7.45. The first kappa shape index (κ1) is 8.52. The Bertz CT molecular complexity index is 126. The lowest BCUT2D eigenvalue weighted by atomic mass is 9.90. The third-order valence-electron chi connectivity index (χ3n) is 2.78. The van der Waals surface area contributed by atoms with Crippen molar-refractivity contribution in [3.05, 3.63) is 0 Å². The van der Waals surface area contributed by atoms with Gasteiger partial charge in [-0.3, -0.25) is 0 Å². The predicted octanol–water partition coefficient (Wildman–Crippen LogP) is 1.98. The van der Waals surface area contributed by atoms with Crippen molar-refractivity contribution >= 4 is 0 Å². The number of hydrogen-bond acceptors (Lipinski definition) is 2. The topological polar surface area (TPSA) is 21.8 Å². The molecule has 2 fully saturated rings. The number of epoxide rings is 1. The van der Waals surface area contributed by atoms with E-state index in [0.29, 0.717) is 6.10 Å². The maximum Gasteiger partial charge on any atom is 0.104 e. The lowest BCUT2D eigenvalue weighted by Crippen LogP contribution is -2.15. The quantitative estimate of drug-likeness (QED) is 0.602. The summed E-state index contributed by atoms with van der Waals surface area (Å²) < 4.78 is 10.6. The lowest BCUT2D eigenvalue weighted by molar-refractivity contribution is 0.0739. The largest absolute Gasteiger partial charge is 0.378 e. The molecule has 0 spiro atoms. The van der Waals surface area contributed by atoms with Gasteiger partial charge in [0, 0.05) is 6.61 Å². The SMILES string of the molecule is C1CCC(COCC2CO2)CC1. The van der Waals surface area contributed by atoms with Gasteiger partial charge in [-0.15, -0.1) is 0 Å². The van der Waals surface area contributed by atoms with Crippen molar-refractivity contribution in [2.45, 2.75) is 38.2 Å². The van der Waals surface area contributed by atoms with E-state index >= 15 is 0 Å². The number of hydrogen-bond donors (Lipinski definition) is 0. The summed E-state index contributed by atoms with van der Waals surface area (Å²) in [5.41, 5.74) is 0. The van der Waals surface area contributed by atoms with Crippen LogP contribution in [0.2, 0.25) is 0 Å². The van der Waals surface area contributed by atoms with Crippen LogP contribution in [0.25, 0.3) is 0 Å². The van der Waals surface area contributed by atoms with E-state index in [0.717, 1.165) is 25.7 Å². The van der Waals surface area contributed by atoms with E-state index in [2.05, 4.69) is 0 Å². The van der Waals surface area contributed by atoms with Crippen molar-refractivity contribution in [2.24, 2.45) is 5.92 Å². The van der Waals surface area contributed by atoms with Crippen LogP contribution in [0, 0.1) is 5.92 Å². The van der Waals surface area contributed by atoms with E-state index in [1.807, 2.05) is 0 Å². The van der Waals surface area contributed by atoms with Crippen LogP contribution in [0.4, 0.5) is 0 Å². The van der Waals surface area contributed by atoms with Crippen LogP contribution >= 0.6 is 0 Å². The fraction of sp³-hybridized carbons (Fsp3) is 1.00. The first-order valence-electron chi connectivity index (χ1n) is 5.14. The zero-order chi connectivity index (χ0) is 8.23. The Morgan fingerprint density at radius 3 is 2.50 bits per heavy atom. The maximum atomic E-state index is 5.57. The van der Waals surface area contributed by atoms with E-state index < -0.39 is 0 Å². The molecular weight excluding hydrogens is 152 g/mol. The molecule has 2 rings (SSSR count). The molecule has 1 saturated heterocycles. The van der Waals surface area contributed by atoms with Gasteiger partial charge in [-0.2, -0.15) is 0 Å². The van der Waals surface area contributed by atoms with Crippen molar-refractivity contribution in [3.63, 3.8) is 0 Å². The minimum atomic E-state index is 0.439. The average Bonchev–Trinajstić information content (AvgIpc) is 2.90. The predicted molar refractivity (Wildman–Crippen MR) is 47.1 cm³/mol. The van der Waals surface area contributed by atoms with Crippen LogP contribution in [0.3, 0.4) is 0 Å². The molecule has 0 radical (unpaired) electrons. The van der Waals surface area contributed by atoms with Crippen LogP contribution in [0.5, 0.6) is 0 Å². The van der Waals surface area contributed by atoms with Gasteiger partial charge in [0.25, 0.3) is 0 Å². The minimum absolute atomic E-state index is 0.439. The molecule has 2 aliphatic rings. The monoisotopic (exact) mass is 170 g/mol. The van der Waals surface area contributed by atoms with E-state index in [4.69, 9.17) is 9.47 Å². The smallest absolute Gasteiger partial charge is 0.104 e. The van der Waals surface area contributed by atoms with Crippen molar-refractivity contribution in [2.75, 3.05) is 19.8 Å². The Hall–Kier alpha value is -0.0800. The Balaban J connectivity index is 1.52. The molecule has 2 heteroatoms. The molecule has 1 aliphatic carbocycles. The molecule has 0 N–H and O–H groups in total. The highest BCUT2D eigenvalue weighted by Crippen LogP contribution is 2.24. The van der Waals surface area contributed by atoms with Gasteiger partial charge in [-0.25, -0.2) is 0 Å². The van der Waals surface area contributed by atoms with Crippen LogP contribution in [-0.4, -0.2) is 25.9 Å². The molecule has 0 amide bonds. The third kappa shape index (κ3) is 2.76. The summed E-state index contributed by atoms with van der Waals surface area (Å²) in [7, 11) is 0. The van der Waals surface area contributed by atoms with E-state index in [9.17, 15) is 0 Å². The molecule has 0 aromatic rings. The second-order valence-electron chi connectivity index (χ2n) is 4.00. The first-order chi connectivity index (χ1) is 5.95. The zero-order valence-electron chi connectivity index (χ0n) is 7.63. The molecule has 70 valence electrons. The molecule has 0 aromatic carbocycles. The van der Waals surface area contributed by atoms with Crippen LogP contribution in [0.15, 0.2) is 0 Å². The lowest BCUT2D eigenvalue weighted by Gasteiger charge is -2.20. The molecule has 1 unspecified atom stereocenters. The second-order valence-corrected chi connectivity index (χ2v) is 4.00. The fourth-order valence-corrected chi connectivity index (χ4v) is 1.88. The van der Waals surface area contributed by atoms with Gasteiger partial charge in [-0.1, -0.05) is 19.3 Å². The van der Waals surface area contributed by atoms with Crippen molar-refractivity contribution in [3.8, 4) is 0 Å². The summed E-state index contributed by atoms with van der Waals surface area (Å²) in [6, 6.07) is 0. The number of rotatable bonds is 4. The van der Waals surface area contributed by atoms with Gasteiger partial charge < -0.3 is 9.47 Å². The van der Waals surface area contributed by atoms with Gasteiger partial charge in [0.05, 0.1) is 13.2 Å². The molecule has 1 aliphatic heterocycles. The Morgan fingerprint density at radius 1 is 1.08 bits per heavy atom. The zero-order valence-corrected chi connectivity index (χ0v) is 7.63. The average molecular weight is 170 g/mol. The fourth-order valence-electron chi connectivity index (χ4n) is 1.88. The Kier molecular flexibility index (Phi) is 3.01. The summed E-state index contributed by atoms with van der Waals surface area (Å²) in [5, 5.41) is 0. The standard InChI is InChI=1S/C10H18O2/c1-2-4-9(5-3-1)6-11-7-10-8-12-10/h9-10H,1-8H2. The van der Waals surface area contributed by atoms with Crippen molar-refractivity contribution in [1.82, 2.24) is 0 Å². The minimum Gasteiger partial charge on any atom is -0.378 e. The first-order valence-corrected chi connectivity index (χ1v) is 5.14. The summed E-state index contributed by atoms with van der Waals surface area (Å²) in [6.45, 7) is 2.72. The Labute approximate surface area is 74.2 Å². The molecule has 0 bridgehead atoms. The highest BCUT2D eigenvalue weighted by Gasteiger charge is 2.23. The molecule has 0 aromatic heterocycles. The molecule has 12 heavy (non-hydrogen) atoms. The summed E-state index contributed by atoms with van der Waals surface area (Å²) in [4.78, 5) is 0. The molecule has 1 heterocycles. The normalized spacial score (nSPS) is 30.5. The summed E-state index contributed by atoms with van der Waals surface area (Å²) >= 11 is 0. The molecular formula is C10H18O2. The van der Waals surface area contributed by atoms with Crippen LogP contribution in [-0.2, 0) is 9.47 Å². The van der Waals surface area contributed by atoms with Gasteiger partial charge in [0.1, 0.15) is 6.10 Å². The maximum absolute atomic E-state index is 5.57. The van der Waals surface area contributed by atoms with E-state index in [1.165, 1.54) is 32.1 Å². The Morgan fingerprint density at radius 2 is 1.83 bits per heavy atom. The molecule has 1 saturated carbocycles. The van der Waals surface area contributed by atoms with E-state index in [-0.39, 0.29) is 0 Å². The van der Waals surface area contributed by atoms with Crippen LogP contribution < -0.4 is 0 Å². The van der Waals surface area contributed by atoms with Gasteiger partial charge in [0.2, 0.25) is 0 Å². The van der Waals surface area contributed by atoms with Crippen molar-refractivity contribution < 1.29 is 9.47 Å². The highest BCUT2D eigenvalue weighted by molar-refractivity contribution is 4.69. The van der Waals surface area contributed by atoms with Gasteiger partial charge in [0.15, 0.2) is 0 Å². The van der Waals surface area contributed by atoms with Crippen LogP contribution in [0.1, 0.15) is 32.1 Å². The molecule has 1 atom stereocenters. The highest BCUT2D eigenvalue weighted by atomic mass is 16.6. The van der Waals surface area contributed by atoms with Crippen molar-refractivity contribution in [1.29, 1.82) is 0 Å². The summed E-state index contributed by atoms with van der Waals surface area (Å²) in [5.74, 6) is 0.845. The molecule has 2 nitrogen and oxygen atoms in total. The van der Waals surface area contributed by atoms with Gasteiger partial charge >= 0.3 is 0 Å². The second kappa shape index (κ2) is 4.24. The third-order valence-corrected chi connectivity index (χ3v) is 2.78.